The van der Waals surface area contributed by atoms with E-state index in [-0.39, 0.29) is 16.3 Å². The minimum absolute atomic E-state index is 0.215. The van der Waals surface area contributed by atoms with Gasteiger partial charge in [0.25, 0.3) is 0 Å². The van der Waals surface area contributed by atoms with Gasteiger partial charge in [-0.3, -0.25) is 0 Å². The molecular formula is C15H16ClF2NO. The molecule has 0 saturated carbocycles. The van der Waals surface area contributed by atoms with E-state index < -0.39 is 17.7 Å². The van der Waals surface area contributed by atoms with Crippen molar-refractivity contribution in [2.75, 3.05) is 6.54 Å². The normalized spacial score (nSPS) is 12.7. The summed E-state index contributed by atoms with van der Waals surface area (Å²) < 4.78 is 33.2. The third-order valence-corrected chi connectivity index (χ3v) is 3.30. The molecule has 0 saturated heterocycles. The van der Waals surface area contributed by atoms with Gasteiger partial charge in [-0.25, -0.2) is 8.78 Å². The molecule has 20 heavy (non-hydrogen) atoms. The topological polar surface area (TPSA) is 25.2 Å². The van der Waals surface area contributed by atoms with Crippen molar-refractivity contribution in [2.24, 2.45) is 0 Å². The van der Waals surface area contributed by atoms with Crippen LogP contribution in [0.3, 0.4) is 0 Å². The van der Waals surface area contributed by atoms with E-state index in [9.17, 15) is 8.78 Å². The first kappa shape index (κ1) is 15.0. The number of furan rings is 1. The predicted molar refractivity (Wildman–Crippen MR) is 74.9 cm³/mol. The second-order valence-corrected chi connectivity index (χ2v) is 5.00. The lowest BCUT2D eigenvalue weighted by Gasteiger charge is -2.18. The summed E-state index contributed by atoms with van der Waals surface area (Å²) in [4.78, 5) is 0. The van der Waals surface area contributed by atoms with Crippen molar-refractivity contribution in [3.63, 3.8) is 0 Å². The lowest BCUT2D eigenvalue weighted by atomic mass is 10.0. The lowest BCUT2D eigenvalue weighted by Crippen LogP contribution is -2.24. The van der Waals surface area contributed by atoms with Crippen LogP contribution in [0.4, 0.5) is 8.78 Å². The van der Waals surface area contributed by atoms with Crippen LogP contribution in [0.15, 0.2) is 28.7 Å². The molecule has 1 heterocycles. The average molecular weight is 300 g/mol. The van der Waals surface area contributed by atoms with E-state index in [0.29, 0.717) is 12.3 Å². The average Bonchev–Trinajstić information content (AvgIpc) is 2.85. The molecule has 2 nitrogen and oxygen atoms in total. The van der Waals surface area contributed by atoms with E-state index in [1.165, 1.54) is 6.92 Å². The van der Waals surface area contributed by atoms with Gasteiger partial charge in [0.2, 0.25) is 0 Å². The fraction of sp³-hybridized carbons (Fsp3) is 0.333. The summed E-state index contributed by atoms with van der Waals surface area (Å²) in [6.07, 6.45) is 0.862. The number of hydrogen-bond acceptors (Lipinski definition) is 2. The largest absolute Gasteiger partial charge is 0.448 e. The SMILES string of the molecule is CCCNC(c1ccc(Cl)o1)c1ccc(C)c(F)c1F. The van der Waals surface area contributed by atoms with Gasteiger partial charge in [-0.2, -0.15) is 0 Å². The molecule has 0 aliphatic carbocycles. The zero-order valence-electron chi connectivity index (χ0n) is 11.3. The fourth-order valence-corrected chi connectivity index (χ4v) is 2.17. The Labute approximate surface area is 121 Å². The molecule has 0 spiro atoms. The summed E-state index contributed by atoms with van der Waals surface area (Å²) in [5, 5.41) is 3.36. The molecule has 0 amide bonds. The Hall–Kier alpha value is -1.39. The van der Waals surface area contributed by atoms with Gasteiger partial charge in [-0.1, -0.05) is 19.1 Å². The van der Waals surface area contributed by atoms with E-state index in [0.717, 1.165) is 6.42 Å². The molecule has 1 N–H and O–H groups in total. The van der Waals surface area contributed by atoms with Crippen LogP contribution in [-0.4, -0.2) is 6.54 Å². The third-order valence-electron chi connectivity index (χ3n) is 3.09. The van der Waals surface area contributed by atoms with Crippen LogP contribution < -0.4 is 5.32 Å². The van der Waals surface area contributed by atoms with Gasteiger partial charge in [0.05, 0.1) is 6.04 Å². The maximum absolute atomic E-state index is 14.1. The van der Waals surface area contributed by atoms with Crippen LogP contribution >= 0.6 is 11.6 Å². The summed E-state index contributed by atoms with van der Waals surface area (Å²) in [6, 6.07) is 5.81. The number of nitrogens with one attached hydrogen (secondary N) is 1. The number of halogens is 3. The highest BCUT2D eigenvalue weighted by molar-refractivity contribution is 6.28. The first-order valence-electron chi connectivity index (χ1n) is 6.47. The summed E-state index contributed by atoms with van der Waals surface area (Å²) in [7, 11) is 0. The Morgan fingerprint density at radius 3 is 2.55 bits per heavy atom. The van der Waals surface area contributed by atoms with Crippen molar-refractivity contribution in [1.82, 2.24) is 5.32 Å². The molecule has 108 valence electrons. The van der Waals surface area contributed by atoms with Crippen LogP contribution in [-0.2, 0) is 0 Å². The number of benzene rings is 1. The molecule has 1 unspecified atom stereocenters. The standard InChI is InChI=1S/C15H16ClF2NO/c1-3-8-19-15(11-6-7-12(16)20-11)10-5-4-9(2)13(17)14(10)18/h4-7,15,19H,3,8H2,1-2H3. The first-order chi connectivity index (χ1) is 9.54. The van der Waals surface area contributed by atoms with Gasteiger partial charge in [-0.15, -0.1) is 0 Å². The van der Waals surface area contributed by atoms with E-state index in [1.807, 2.05) is 6.92 Å². The van der Waals surface area contributed by atoms with Gasteiger partial charge in [0.1, 0.15) is 5.76 Å². The van der Waals surface area contributed by atoms with E-state index in [2.05, 4.69) is 5.32 Å². The molecule has 0 bridgehead atoms. The Morgan fingerprint density at radius 1 is 1.20 bits per heavy atom. The Morgan fingerprint density at radius 2 is 1.95 bits per heavy atom. The zero-order chi connectivity index (χ0) is 14.7. The van der Waals surface area contributed by atoms with Crippen LogP contribution in [0.5, 0.6) is 0 Å². The fourth-order valence-electron chi connectivity index (χ4n) is 2.02. The molecular weight excluding hydrogens is 284 g/mol. The quantitative estimate of drug-likeness (QED) is 0.872. The molecule has 1 aromatic heterocycles. The predicted octanol–water partition coefficient (Wildman–Crippen LogP) is 4.61. The second kappa shape index (κ2) is 6.37. The van der Waals surface area contributed by atoms with E-state index in [1.54, 1.807) is 24.3 Å². The molecule has 2 aromatic rings. The van der Waals surface area contributed by atoms with Crippen molar-refractivity contribution in [3.8, 4) is 0 Å². The van der Waals surface area contributed by atoms with Crippen molar-refractivity contribution < 1.29 is 13.2 Å². The minimum atomic E-state index is -0.855. The maximum Gasteiger partial charge on any atom is 0.193 e. The van der Waals surface area contributed by atoms with Gasteiger partial charge < -0.3 is 9.73 Å². The number of hydrogen-bond donors (Lipinski definition) is 1. The maximum atomic E-state index is 14.1. The van der Waals surface area contributed by atoms with Gasteiger partial charge >= 0.3 is 0 Å². The van der Waals surface area contributed by atoms with Crippen LogP contribution in [0.2, 0.25) is 5.22 Å². The van der Waals surface area contributed by atoms with E-state index >= 15 is 0 Å². The Kier molecular flexibility index (Phi) is 4.78. The summed E-state index contributed by atoms with van der Waals surface area (Å²) >= 11 is 5.76. The monoisotopic (exact) mass is 299 g/mol. The van der Waals surface area contributed by atoms with Gasteiger partial charge in [-0.05, 0) is 49.2 Å². The van der Waals surface area contributed by atoms with Crippen molar-refractivity contribution >= 4 is 11.6 Å². The summed E-state index contributed by atoms with van der Waals surface area (Å²) in [6.45, 7) is 4.17. The summed E-state index contributed by atoms with van der Waals surface area (Å²) in [5.74, 6) is -1.22. The third kappa shape index (κ3) is 3.02. The van der Waals surface area contributed by atoms with E-state index in [4.69, 9.17) is 16.0 Å². The number of rotatable bonds is 5. The highest BCUT2D eigenvalue weighted by Crippen LogP contribution is 2.29. The molecule has 0 fully saturated rings. The van der Waals surface area contributed by atoms with Crippen LogP contribution in [0.25, 0.3) is 0 Å². The first-order valence-corrected chi connectivity index (χ1v) is 6.85. The van der Waals surface area contributed by atoms with Crippen LogP contribution in [0, 0.1) is 18.6 Å². The van der Waals surface area contributed by atoms with Gasteiger partial charge in [0, 0.05) is 5.56 Å². The second-order valence-electron chi connectivity index (χ2n) is 4.63. The lowest BCUT2D eigenvalue weighted by molar-refractivity contribution is 0.425. The molecule has 1 atom stereocenters. The smallest absolute Gasteiger partial charge is 0.193 e. The van der Waals surface area contributed by atoms with Crippen molar-refractivity contribution in [2.45, 2.75) is 26.3 Å². The molecule has 0 aliphatic rings. The molecule has 0 aliphatic heterocycles. The Balaban J connectivity index is 2.43. The van der Waals surface area contributed by atoms with Gasteiger partial charge in [0.15, 0.2) is 16.9 Å². The van der Waals surface area contributed by atoms with Crippen LogP contribution in [0.1, 0.15) is 36.3 Å². The highest BCUT2D eigenvalue weighted by Gasteiger charge is 2.23. The zero-order valence-corrected chi connectivity index (χ0v) is 12.1. The van der Waals surface area contributed by atoms with Crippen molar-refractivity contribution in [1.29, 1.82) is 0 Å². The molecule has 2 rings (SSSR count). The minimum Gasteiger partial charge on any atom is -0.448 e. The number of aryl methyl sites for hydroxylation is 1. The molecule has 5 heteroatoms. The molecule has 1 aromatic carbocycles. The Bertz CT molecular complexity index is 598. The summed E-state index contributed by atoms with van der Waals surface area (Å²) in [5.41, 5.74) is 0.491. The highest BCUT2D eigenvalue weighted by atomic mass is 35.5. The molecule has 0 radical (unpaired) electrons. The van der Waals surface area contributed by atoms with Crippen molar-refractivity contribution in [3.05, 3.63) is 58.0 Å².